The van der Waals surface area contributed by atoms with E-state index >= 15 is 0 Å². The second kappa shape index (κ2) is 7.41. The van der Waals surface area contributed by atoms with Crippen LogP contribution in [0.4, 0.5) is 5.82 Å². The molecule has 1 N–H and O–H groups in total. The average molecular weight is 405 g/mol. The average Bonchev–Trinajstić information content (AvgIpc) is 3.18. The number of methoxy groups -OCH3 is 1. The lowest BCUT2D eigenvalue weighted by Crippen LogP contribution is -2.42. The van der Waals surface area contributed by atoms with E-state index in [-0.39, 0.29) is 6.04 Å². The van der Waals surface area contributed by atoms with Crippen molar-refractivity contribution in [1.82, 2.24) is 14.3 Å². The first-order chi connectivity index (χ1) is 13.1. The maximum atomic E-state index is 12.8. The van der Waals surface area contributed by atoms with Crippen molar-refractivity contribution in [3.8, 4) is 5.75 Å². The van der Waals surface area contributed by atoms with Crippen molar-refractivity contribution in [3.63, 3.8) is 0 Å². The number of sulfonamides is 1. The van der Waals surface area contributed by atoms with Crippen LogP contribution in [0.1, 0.15) is 12.8 Å². The highest BCUT2D eigenvalue weighted by molar-refractivity contribution is 7.89. The minimum atomic E-state index is -3.48. The van der Waals surface area contributed by atoms with Gasteiger partial charge in [0.2, 0.25) is 10.0 Å². The molecule has 1 saturated heterocycles. The quantitative estimate of drug-likeness (QED) is 0.704. The molecule has 0 bridgehead atoms. The summed E-state index contributed by atoms with van der Waals surface area (Å²) in [6.07, 6.45) is 3.01. The van der Waals surface area contributed by atoms with Gasteiger partial charge in [0.05, 0.1) is 22.2 Å². The smallest absolute Gasteiger partial charge is 0.243 e. The standard InChI is InChI=1S/C18H20N4O3S2/c1-25-14-2-4-15(5-3-14)27(23,24)22-9-6-13(7-10-22)21-18-17-16(8-11-26-17)19-12-20-18/h2-5,8,11-13H,6-7,9-10H2,1H3,(H,19,20,21). The van der Waals surface area contributed by atoms with Gasteiger partial charge in [-0.1, -0.05) is 0 Å². The fourth-order valence-corrected chi connectivity index (χ4v) is 5.49. The number of ether oxygens (including phenoxy) is 1. The van der Waals surface area contributed by atoms with E-state index in [2.05, 4.69) is 15.3 Å². The molecule has 0 aliphatic carbocycles. The Bertz CT molecular complexity index is 1030. The molecule has 1 aromatic carbocycles. The van der Waals surface area contributed by atoms with Crippen LogP contribution in [0.15, 0.2) is 46.9 Å². The van der Waals surface area contributed by atoms with E-state index in [0.29, 0.717) is 23.7 Å². The van der Waals surface area contributed by atoms with E-state index in [0.717, 1.165) is 28.9 Å². The summed E-state index contributed by atoms with van der Waals surface area (Å²) in [6, 6.07) is 8.68. The normalized spacial score (nSPS) is 16.5. The molecule has 1 aliphatic rings. The van der Waals surface area contributed by atoms with Crippen LogP contribution in [-0.2, 0) is 10.0 Å². The molecule has 9 heteroatoms. The molecule has 0 atom stereocenters. The Morgan fingerprint density at radius 1 is 1.15 bits per heavy atom. The summed E-state index contributed by atoms with van der Waals surface area (Å²) < 4.78 is 33.4. The van der Waals surface area contributed by atoms with Crippen LogP contribution in [0.5, 0.6) is 5.75 Å². The van der Waals surface area contributed by atoms with Crippen molar-refractivity contribution in [1.29, 1.82) is 0 Å². The first-order valence-corrected chi connectivity index (χ1v) is 11.0. The molecule has 3 heterocycles. The summed E-state index contributed by atoms with van der Waals surface area (Å²) in [6.45, 7) is 0.954. The summed E-state index contributed by atoms with van der Waals surface area (Å²) in [5.41, 5.74) is 0.928. The molecule has 27 heavy (non-hydrogen) atoms. The van der Waals surface area contributed by atoms with E-state index in [1.807, 2.05) is 11.4 Å². The number of thiophene rings is 1. The lowest BCUT2D eigenvalue weighted by Gasteiger charge is -2.32. The Hall–Kier alpha value is -2.23. The number of piperidine rings is 1. The SMILES string of the molecule is COc1ccc(S(=O)(=O)N2CCC(Nc3ncnc4ccsc34)CC2)cc1. The molecule has 0 spiro atoms. The van der Waals surface area contributed by atoms with Crippen LogP contribution in [0.3, 0.4) is 0 Å². The Morgan fingerprint density at radius 2 is 1.89 bits per heavy atom. The third-order valence-corrected chi connectivity index (χ3v) is 7.56. The molecule has 3 aromatic rings. The zero-order valence-electron chi connectivity index (χ0n) is 14.8. The van der Waals surface area contributed by atoms with E-state index in [9.17, 15) is 8.42 Å². The molecule has 0 radical (unpaired) electrons. The van der Waals surface area contributed by atoms with Crippen LogP contribution in [0, 0.1) is 0 Å². The van der Waals surface area contributed by atoms with Crippen LogP contribution >= 0.6 is 11.3 Å². The van der Waals surface area contributed by atoms with Crippen molar-refractivity contribution in [3.05, 3.63) is 42.0 Å². The molecular formula is C18H20N4O3S2. The van der Waals surface area contributed by atoms with Gasteiger partial charge in [-0.05, 0) is 48.6 Å². The second-order valence-electron chi connectivity index (χ2n) is 6.36. The van der Waals surface area contributed by atoms with Crippen LogP contribution in [-0.4, -0.2) is 48.9 Å². The molecule has 2 aromatic heterocycles. The van der Waals surface area contributed by atoms with Gasteiger partial charge in [-0.15, -0.1) is 11.3 Å². The highest BCUT2D eigenvalue weighted by Gasteiger charge is 2.29. The van der Waals surface area contributed by atoms with E-state index in [4.69, 9.17) is 4.74 Å². The van der Waals surface area contributed by atoms with Gasteiger partial charge in [-0.2, -0.15) is 4.31 Å². The number of nitrogens with zero attached hydrogens (tertiary/aromatic N) is 3. The van der Waals surface area contributed by atoms with Gasteiger partial charge in [-0.3, -0.25) is 0 Å². The number of aromatic nitrogens is 2. The third-order valence-electron chi connectivity index (χ3n) is 4.74. The number of nitrogens with one attached hydrogen (secondary N) is 1. The van der Waals surface area contributed by atoms with Gasteiger partial charge in [0.15, 0.2) is 0 Å². The van der Waals surface area contributed by atoms with Gasteiger partial charge < -0.3 is 10.1 Å². The minimum absolute atomic E-state index is 0.188. The summed E-state index contributed by atoms with van der Waals surface area (Å²) in [4.78, 5) is 8.89. The number of hydrogen-bond acceptors (Lipinski definition) is 7. The molecule has 1 fully saturated rings. The molecule has 1 aliphatic heterocycles. The summed E-state index contributed by atoms with van der Waals surface area (Å²) in [5, 5.41) is 5.45. The van der Waals surface area contributed by atoms with Gasteiger partial charge in [0.25, 0.3) is 0 Å². The molecule has 0 amide bonds. The van der Waals surface area contributed by atoms with Gasteiger partial charge in [0.1, 0.15) is 17.9 Å². The minimum Gasteiger partial charge on any atom is -0.497 e. The van der Waals surface area contributed by atoms with Crippen molar-refractivity contribution in [2.24, 2.45) is 0 Å². The van der Waals surface area contributed by atoms with Crippen LogP contribution in [0.25, 0.3) is 10.2 Å². The maximum Gasteiger partial charge on any atom is 0.243 e. The molecular weight excluding hydrogens is 384 g/mol. The number of benzene rings is 1. The summed E-state index contributed by atoms with van der Waals surface area (Å²) in [5.74, 6) is 1.47. The Labute approximate surface area is 162 Å². The van der Waals surface area contributed by atoms with E-state index < -0.39 is 10.0 Å². The van der Waals surface area contributed by atoms with Crippen LogP contribution in [0.2, 0.25) is 0 Å². The Balaban J connectivity index is 1.43. The van der Waals surface area contributed by atoms with Crippen molar-refractivity contribution < 1.29 is 13.2 Å². The monoisotopic (exact) mass is 404 g/mol. The highest BCUT2D eigenvalue weighted by atomic mass is 32.2. The Morgan fingerprint density at radius 3 is 2.59 bits per heavy atom. The number of rotatable bonds is 5. The fraction of sp³-hybridized carbons (Fsp3) is 0.333. The molecule has 4 rings (SSSR count). The first-order valence-electron chi connectivity index (χ1n) is 8.67. The zero-order chi connectivity index (χ0) is 18.9. The highest BCUT2D eigenvalue weighted by Crippen LogP contribution is 2.28. The van der Waals surface area contributed by atoms with Crippen LogP contribution < -0.4 is 10.1 Å². The largest absolute Gasteiger partial charge is 0.497 e. The fourth-order valence-electron chi connectivity index (χ4n) is 3.22. The summed E-state index contributed by atoms with van der Waals surface area (Å²) >= 11 is 1.60. The molecule has 142 valence electrons. The predicted octanol–water partition coefficient (Wildman–Crippen LogP) is 2.97. The van der Waals surface area contributed by atoms with Gasteiger partial charge in [0, 0.05) is 19.1 Å². The van der Waals surface area contributed by atoms with E-state index in [1.54, 1.807) is 53.3 Å². The van der Waals surface area contributed by atoms with E-state index in [1.165, 1.54) is 0 Å². The maximum absolute atomic E-state index is 12.8. The lowest BCUT2D eigenvalue weighted by atomic mass is 10.1. The van der Waals surface area contributed by atoms with Crippen molar-refractivity contribution >= 4 is 37.4 Å². The third kappa shape index (κ3) is 3.62. The second-order valence-corrected chi connectivity index (χ2v) is 9.21. The predicted molar refractivity (Wildman–Crippen MR) is 106 cm³/mol. The zero-order valence-corrected chi connectivity index (χ0v) is 16.5. The van der Waals surface area contributed by atoms with Gasteiger partial charge in [-0.25, -0.2) is 18.4 Å². The molecule has 0 saturated carbocycles. The summed E-state index contributed by atoms with van der Waals surface area (Å²) in [7, 11) is -1.92. The first kappa shape index (κ1) is 18.1. The molecule has 0 unspecified atom stereocenters. The Kier molecular flexibility index (Phi) is 4.98. The van der Waals surface area contributed by atoms with Gasteiger partial charge >= 0.3 is 0 Å². The number of anilines is 1. The lowest BCUT2D eigenvalue weighted by molar-refractivity contribution is 0.329. The number of hydrogen-bond donors (Lipinski definition) is 1. The van der Waals surface area contributed by atoms with Crippen molar-refractivity contribution in [2.75, 3.05) is 25.5 Å². The number of fused-ring (bicyclic) bond motifs is 1. The molecule has 7 nitrogen and oxygen atoms in total. The topological polar surface area (TPSA) is 84.4 Å². The van der Waals surface area contributed by atoms with Crippen molar-refractivity contribution in [2.45, 2.75) is 23.8 Å².